The van der Waals surface area contributed by atoms with Crippen LogP contribution < -0.4 is 10.0 Å². The van der Waals surface area contributed by atoms with E-state index in [1.54, 1.807) is 0 Å². The molecule has 0 spiro atoms. The number of rotatable bonds is 6. The molecular weight excluding hydrogens is 250 g/mol. The monoisotopic (exact) mass is 275 g/mol. The molecule has 0 unspecified atom stereocenters. The minimum Gasteiger partial charge on any atom is -0.314 e. The summed E-state index contributed by atoms with van der Waals surface area (Å²) in [5.41, 5.74) is -0.276. The summed E-state index contributed by atoms with van der Waals surface area (Å²) in [5.74, 6) is 0.731. The summed E-state index contributed by atoms with van der Waals surface area (Å²) in [5, 5.41) is 3.27. The van der Waals surface area contributed by atoms with Crippen molar-refractivity contribution in [1.82, 2.24) is 14.9 Å². The zero-order valence-electron chi connectivity index (χ0n) is 11.4. The Hall–Kier alpha value is -0.170. The molecule has 1 saturated heterocycles. The lowest BCUT2D eigenvalue weighted by molar-refractivity contribution is 0.253. The van der Waals surface area contributed by atoms with E-state index in [9.17, 15) is 8.42 Å². The zero-order valence-corrected chi connectivity index (χ0v) is 12.2. The first-order valence-corrected chi connectivity index (χ1v) is 8.49. The first-order valence-electron chi connectivity index (χ1n) is 6.84. The van der Waals surface area contributed by atoms with Crippen LogP contribution in [-0.2, 0) is 10.0 Å². The van der Waals surface area contributed by atoms with Crippen LogP contribution in [0.5, 0.6) is 0 Å². The molecule has 18 heavy (non-hydrogen) atoms. The van der Waals surface area contributed by atoms with E-state index in [4.69, 9.17) is 0 Å². The predicted molar refractivity (Wildman–Crippen MR) is 73.0 cm³/mol. The predicted octanol–water partition coefficient (Wildman–Crippen LogP) is -0.000400. The van der Waals surface area contributed by atoms with Gasteiger partial charge in [-0.05, 0) is 32.6 Å². The Kier molecular flexibility index (Phi) is 4.31. The van der Waals surface area contributed by atoms with Gasteiger partial charge in [-0.2, -0.15) is 0 Å². The van der Waals surface area contributed by atoms with Gasteiger partial charge >= 0.3 is 0 Å². The second-order valence-electron chi connectivity index (χ2n) is 6.01. The van der Waals surface area contributed by atoms with Gasteiger partial charge in [0.25, 0.3) is 0 Å². The van der Waals surface area contributed by atoms with Crippen LogP contribution in [0, 0.1) is 5.92 Å². The van der Waals surface area contributed by atoms with Gasteiger partial charge in [0.1, 0.15) is 0 Å². The van der Waals surface area contributed by atoms with Gasteiger partial charge in [0.15, 0.2) is 0 Å². The van der Waals surface area contributed by atoms with E-state index in [-0.39, 0.29) is 11.3 Å². The Morgan fingerprint density at radius 3 is 2.44 bits per heavy atom. The van der Waals surface area contributed by atoms with Crippen molar-refractivity contribution in [2.75, 3.05) is 38.5 Å². The Bertz CT molecular complexity index is 371. The first kappa shape index (κ1) is 14.2. The number of nitrogens with one attached hydrogen (secondary N) is 2. The average Bonchev–Trinajstić information content (AvgIpc) is 3.10. The largest absolute Gasteiger partial charge is 0.314 e. The molecule has 1 saturated carbocycles. The van der Waals surface area contributed by atoms with Crippen molar-refractivity contribution in [2.45, 2.75) is 32.2 Å². The van der Waals surface area contributed by atoms with Crippen molar-refractivity contribution in [3.8, 4) is 0 Å². The Balaban J connectivity index is 1.79. The maximum Gasteiger partial charge on any atom is 0.213 e. The third kappa shape index (κ3) is 4.19. The highest BCUT2D eigenvalue weighted by Gasteiger charge is 2.40. The van der Waals surface area contributed by atoms with Crippen LogP contribution in [0.1, 0.15) is 26.7 Å². The lowest BCUT2D eigenvalue weighted by Crippen LogP contribution is -2.49. The molecule has 0 aromatic rings. The fourth-order valence-corrected chi connectivity index (χ4v) is 4.09. The summed E-state index contributed by atoms with van der Waals surface area (Å²) < 4.78 is 27.0. The summed E-state index contributed by atoms with van der Waals surface area (Å²) in [7, 11) is -3.16. The summed E-state index contributed by atoms with van der Waals surface area (Å²) in [6.45, 7) is 8.43. The zero-order chi connectivity index (χ0) is 13.2. The Morgan fingerprint density at radius 2 is 1.89 bits per heavy atom. The van der Waals surface area contributed by atoms with Crippen LogP contribution in [0.2, 0.25) is 0 Å². The topological polar surface area (TPSA) is 61.4 Å². The smallest absolute Gasteiger partial charge is 0.213 e. The highest BCUT2D eigenvalue weighted by atomic mass is 32.2. The molecule has 0 radical (unpaired) electrons. The first-order chi connectivity index (χ1) is 8.39. The number of hydrogen-bond donors (Lipinski definition) is 2. The van der Waals surface area contributed by atoms with E-state index in [1.165, 1.54) is 0 Å². The summed E-state index contributed by atoms with van der Waals surface area (Å²) >= 11 is 0. The average molecular weight is 275 g/mol. The van der Waals surface area contributed by atoms with Gasteiger partial charge in [-0.3, -0.25) is 4.90 Å². The molecule has 2 fully saturated rings. The van der Waals surface area contributed by atoms with E-state index in [0.29, 0.717) is 12.5 Å². The van der Waals surface area contributed by atoms with Crippen LogP contribution in [0.4, 0.5) is 0 Å². The van der Waals surface area contributed by atoms with Gasteiger partial charge in [-0.1, -0.05) is 0 Å². The lowest BCUT2D eigenvalue weighted by atomic mass is 10.0. The van der Waals surface area contributed by atoms with Crippen LogP contribution >= 0.6 is 0 Å². The summed E-state index contributed by atoms with van der Waals surface area (Å²) in [6.07, 6.45) is 2.29. The number of nitrogens with zero attached hydrogens (tertiary/aromatic N) is 1. The van der Waals surface area contributed by atoms with Gasteiger partial charge in [0.2, 0.25) is 10.0 Å². The molecule has 0 bridgehead atoms. The maximum absolute atomic E-state index is 12.1. The Labute approximate surface area is 110 Å². The molecule has 1 aliphatic carbocycles. The van der Waals surface area contributed by atoms with E-state index < -0.39 is 10.0 Å². The van der Waals surface area contributed by atoms with Gasteiger partial charge < -0.3 is 5.32 Å². The van der Waals surface area contributed by atoms with Crippen LogP contribution in [-0.4, -0.2) is 57.3 Å². The molecule has 0 aromatic heterocycles. The van der Waals surface area contributed by atoms with Crippen LogP contribution in [0.15, 0.2) is 0 Å². The molecule has 6 heteroatoms. The molecule has 2 aliphatic rings. The molecule has 0 atom stereocenters. The number of hydrogen-bond acceptors (Lipinski definition) is 4. The Morgan fingerprint density at radius 1 is 1.28 bits per heavy atom. The van der Waals surface area contributed by atoms with Gasteiger partial charge in [-0.25, -0.2) is 13.1 Å². The molecule has 2 N–H and O–H groups in total. The van der Waals surface area contributed by atoms with Crippen molar-refractivity contribution in [3.63, 3.8) is 0 Å². The number of piperazine rings is 1. The second kappa shape index (κ2) is 5.45. The fourth-order valence-electron chi connectivity index (χ4n) is 2.52. The van der Waals surface area contributed by atoms with Crippen LogP contribution in [0.3, 0.4) is 0 Å². The summed E-state index contributed by atoms with van der Waals surface area (Å²) in [6, 6.07) is 0. The molecule has 0 aromatic carbocycles. The van der Waals surface area contributed by atoms with Crippen molar-refractivity contribution in [1.29, 1.82) is 0 Å². The molecule has 2 rings (SSSR count). The molecule has 1 heterocycles. The highest BCUT2D eigenvalue weighted by Crippen LogP contribution is 2.39. The fraction of sp³-hybridized carbons (Fsp3) is 1.00. The minimum atomic E-state index is -3.16. The quantitative estimate of drug-likeness (QED) is 0.716. The van der Waals surface area contributed by atoms with Crippen molar-refractivity contribution in [3.05, 3.63) is 0 Å². The van der Waals surface area contributed by atoms with Gasteiger partial charge in [0.05, 0.1) is 5.75 Å². The third-order valence-electron chi connectivity index (χ3n) is 3.90. The maximum atomic E-state index is 12.1. The molecule has 0 amide bonds. The SMILES string of the molecule is CC(C)(NS(=O)(=O)CCN1CCNCC1)C1CC1. The normalized spacial score (nSPS) is 23.2. The van der Waals surface area contributed by atoms with Crippen molar-refractivity contribution < 1.29 is 8.42 Å². The van der Waals surface area contributed by atoms with E-state index in [0.717, 1.165) is 39.0 Å². The molecular formula is C12H25N3O2S. The second-order valence-corrected chi connectivity index (χ2v) is 7.85. The van der Waals surface area contributed by atoms with Crippen molar-refractivity contribution >= 4 is 10.0 Å². The molecule has 5 nitrogen and oxygen atoms in total. The third-order valence-corrected chi connectivity index (χ3v) is 5.46. The van der Waals surface area contributed by atoms with Crippen molar-refractivity contribution in [2.24, 2.45) is 5.92 Å². The minimum absolute atomic E-state index is 0.211. The van der Waals surface area contributed by atoms with E-state index in [1.807, 2.05) is 13.8 Å². The van der Waals surface area contributed by atoms with Gasteiger partial charge in [-0.15, -0.1) is 0 Å². The standard InChI is InChI=1S/C12H25N3O2S/c1-12(2,11-3-4-11)14-18(16,17)10-9-15-7-5-13-6-8-15/h11,13-14H,3-10H2,1-2H3. The lowest BCUT2D eigenvalue weighted by Gasteiger charge is -2.29. The van der Waals surface area contributed by atoms with Crippen LogP contribution in [0.25, 0.3) is 0 Å². The highest BCUT2D eigenvalue weighted by molar-refractivity contribution is 7.89. The van der Waals surface area contributed by atoms with E-state index in [2.05, 4.69) is 14.9 Å². The molecule has 106 valence electrons. The van der Waals surface area contributed by atoms with Gasteiger partial charge in [0, 0.05) is 38.3 Å². The van der Waals surface area contributed by atoms with E-state index >= 15 is 0 Å². The number of sulfonamides is 1. The summed E-state index contributed by atoms with van der Waals surface area (Å²) in [4.78, 5) is 2.21. The molecule has 1 aliphatic heterocycles.